The number of halogens is 1. The third-order valence-electron chi connectivity index (χ3n) is 4.77. The fourth-order valence-electron chi connectivity index (χ4n) is 3.37. The Morgan fingerprint density at radius 2 is 1.32 bits per heavy atom. The van der Waals surface area contributed by atoms with Crippen LogP contribution in [0.3, 0.4) is 0 Å². The second-order valence-corrected chi connectivity index (χ2v) is 6.63. The van der Waals surface area contributed by atoms with Gasteiger partial charge in [0.1, 0.15) is 10.8 Å². The van der Waals surface area contributed by atoms with Crippen molar-refractivity contribution in [2.24, 2.45) is 5.73 Å². The van der Waals surface area contributed by atoms with Gasteiger partial charge >= 0.3 is 0 Å². The lowest BCUT2D eigenvalue weighted by Crippen LogP contribution is -2.31. The highest BCUT2D eigenvalue weighted by molar-refractivity contribution is 6.52. The molecule has 2 aliphatic rings. The normalized spacial score (nSPS) is 16.4. The summed E-state index contributed by atoms with van der Waals surface area (Å²) in [4.78, 5) is 51.5. The van der Waals surface area contributed by atoms with E-state index in [0.29, 0.717) is 5.75 Å². The van der Waals surface area contributed by atoms with Crippen LogP contribution >= 0.6 is 11.6 Å². The number of hydrogen-bond donors (Lipinski definition) is 1. The minimum absolute atomic E-state index is 0.0321. The zero-order valence-electron chi connectivity index (χ0n) is 14.5. The van der Waals surface area contributed by atoms with E-state index in [9.17, 15) is 19.2 Å². The van der Waals surface area contributed by atoms with Crippen LogP contribution in [0.15, 0.2) is 64.3 Å². The molecule has 0 unspecified atom stereocenters. The monoisotopic (exact) mass is 393 g/mol. The maximum atomic E-state index is 13.1. The molecule has 0 aromatic heterocycles. The van der Waals surface area contributed by atoms with Gasteiger partial charge < -0.3 is 10.5 Å². The fraction of sp³-hybridized carbons (Fsp3) is 0.0476. The fourth-order valence-corrected chi connectivity index (χ4v) is 3.65. The zero-order valence-corrected chi connectivity index (χ0v) is 15.3. The molecule has 0 saturated carbocycles. The van der Waals surface area contributed by atoms with Gasteiger partial charge in [0.15, 0.2) is 11.6 Å². The third-order valence-corrected chi connectivity index (χ3v) is 5.13. The predicted molar refractivity (Wildman–Crippen MR) is 101 cm³/mol. The van der Waals surface area contributed by atoms with E-state index in [1.54, 1.807) is 12.1 Å². The molecule has 138 valence electrons. The summed E-state index contributed by atoms with van der Waals surface area (Å²) in [5.41, 5.74) is 5.18. The number of nitrogens with two attached hydrogens (primary N) is 1. The van der Waals surface area contributed by atoms with Gasteiger partial charge in [0.25, 0.3) is 0 Å². The molecule has 0 heterocycles. The standard InChI is InChI=1S/C21H12ClNO5/c1-28-9-6-7-12-13(8-9)19(25)15(17(23)21(12)27)14-16(22)20(26)11-5-3-2-4-10(11)18(14)24/h2-8H,23H2,1H3. The average molecular weight is 394 g/mol. The van der Waals surface area contributed by atoms with Crippen molar-refractivity contribution in [1.29, 1.82) is 0 Å². The van der Waals surface area contributed by atoms with Crippen molar-refractivity contribution in [1.82, 2.24) is 0 Å². The third kappa shape index (κ3) is 2.35. The second kappa shape index (κ2) is 6.28. The first-order chi connectivity index (χ1) is 13.4. The van der Waals surface area contributed by atoms with E-state index in [2.05, 4.69) is 0 Å². The molecule has 0 amide bonds. The first kappa shape index (κ1) is 17.9. The summed E-state index contributed by atoms with van der Waals surface area (Å²) in [7, 11) is 1.42. The zero-order chi connectivity index (χ0) is 20.2. The van der Waals surface area contributed by atoms with E-state index in [1.165, 1.54) is 37.4 Å². The van der Waals surface area contributed by atoms with Gasteiger partial charge in [0, 0.05) is 22.3 Å². The van der Waals surface area contributed by atoms with Gasteiger partial charge in [-0.25, -0.2) is 0 Å². The van der Waals surface area contributed by atoms with Crippen molar-refractivity contribution >= 4 is 34.7 Å². The van der Waals surface area contributed by atoms with Crippen LogP contribution in [0.1, 0.15) is 41.4 Å². The largest absolute Gasteiger partial charge is 0.497 e. The number of allylic oxidation sites excluding steroid dienone is 4. The van der Waals surface area contributed by atoms with E-state index in [-0.39, 0.29) is 33.4 Å². The van der Waals surface area contributed by atoms with Crippen LogP contribution in [-0.2, 0) is 0 Å². The van der Waals surface area contributed by atoms with E-state index >= 15 is 0 Å². The molecule has 0 spiro atoms. The SMILES string of the molecule is COc1ccc2c(c1)C(=O)C(C1=C(Cl)C(=O)c3ccccc3C1=O)=C(N)C2=O. The highest BCUT2D eigenvalue weighted by Gasteiger charge is 2.40. The molecule has 6 nitrogen and oxygen atoms in total. The van der Waals surface area contributed by atoms with E-state index in [4.69, 9.17) is 22.1 Å². The number of benzene rings is 2. The van der Waals surface area contributed by atoms with Crippen LogP contribution in [-0.4, -0.2) is 30.2 Å². The Balaban J connectivity index is 1.96. The summed E-state index contributed by atoms with van der Waals surface area (Å²) in [6.07, 6.45) is 0. The molecule has 4 rings (SSSR count). The molecule has 0 aliphatic heterocycles. The number of carbonyl (C=O) groups excluding carboxylic acids is 4. The van der Waals surface area contributed by atoms with Gasteiger partial charge in [-0.1, -0.05) is 35.9 Å². The summed E-state index contributed by atoms with van der Waals surface area (Å²) in [6, 6.07) is 10.5. The van der Waals surface area contributed by atoms with Crippen LogP contribution in [0.2, 0.25) is 0 Å². The van der Waals surface area contributed by atoms with Crippen molar-refractivity contribution in [2.75, 3.05) is 7.11 Å². The highest BCUT2D eigenvalue weighted by atomic mass is 35.5. The van der Waals surface area contributed by atoms with Gasteiger partial charge in [0.05, 0.1) is 24.0 Å². The van der Waals surface area contributed by atoms with Crippen LogP contribution in [0.5, 0.6) is 5.75 Å². The van der Waals surface area contributed by atoms with Gasteiger partial charge in [-0.3, -0.25) is 19.2 Å². The summed E-state index contributed by atoms with van der Waals surface area (Å²) in [5.74, 6) is -2.17. The Morgan fingerprint density at radius 1 is 0.750 bits per heavy atom. The number of methoxy groups -OCH3 is 1. The lowest BCUT2D eigenvalue weighted by Gasteiger charge is -2.24. The highest BCUT2D eigenvalue weighted by Crippen LogP contribution is 2.37. The van der Waals surface area contributed by atoms with E-state index in [1.807, 2.05) is 0 Å². The van der Waals surface area contributed by atoms with Crippen molar-refractivity contribution in [2.45, 2.75) is 0 Å². The topological polar surface area (TPSA) is 104 Å². The number of carbonyl (C=O) groups is 4. The summed E-state index contributed by atoms with van der Waals surface area (Å²) >= 11 is 6.18. The predicted octanol–water partition coefficient (Wildman–Crippen LogP) is 2.86. The summed E-state index contributed by atoms with van der Waals surface area (Å²) in [6.45, 7) is 0. The Hall–Kier alpha value is -3.51. The molecule has 28 heavy (non-hydrogen) atoms. The lowest BCUT2D eigenvalue weighted by atomic mass is 9.78. The maximum Gasteiger partial charge on any atom is 0.210 e. The van der Waals surface area contributed by atoms with Gasteiger partial charge in [-0.2, -0.15) is 0 Å². The van der Waals surface area contributed by atoms with Gasteiger partial charge in [0.2, 0.25) is 11.6 Å². The molecule has 0 saturated heterocycles. The minimum Gasteiger partial charge on any atom is -0.497 e. The van der Waals surface area contributed by atoms with Crippen LogP contribution in [0, 0.1) is 0 Å². The Morgan fingerprint density at radius 3 is 1.96 bits per heavy atom. The average Bonchev–Trinajstić information content (AvgIpc) is 2.72. The molecular weight excluding hydrogens is 382 g/mol. The molecule has 0 bridgehead atoms. The van der Waals surface area contributed by atoms with Crippen molar-refractivity contribution < 1.29 is 23.9 Å². The number of ketones is 4. The molecule has 2 aromatic carbocycles. The Bertz CT molecular complexity index is 1190. The second-order valence-electron chi connectivity index (χ2n) is 6.25. The molecule has 2 aliphatic carbocycles. The molecule has 7 heteroatoms. The van der Waals surface area contributed by atoms with Crippen LogP contribution in [0.25, 0.3) is 0 Å². The number of rotatable bonds is 2. The molecule has 0 atom stereocenters. The van der Waals surface area contributed by atoms with E-state index in [0.717, 1.165) is 0 Å². The lowest BCUT2D eigenvalue weighted by molar-refractivity contribution is 0.0955. The number of ether oxygens (including phenoxy) is 1. The van der Waals surface area contributed by atoms with Crippen LogP contribution < -0.4 is 10.5 Å². The molecule has 2 aromatic rings. The number of Topliss-reactive ketones (excluding diaryl/α,β-unsaturated/α-hetero) is 4. The molecule has 0 radical (unpaired) electrons. The Labute approximate surface area is 164 Å². The smallest absolute Gasteiger partial charge is 0.210 e. The first-order valence-electron chi connectivity index (χ1n) is 8.22. The van der Waals surface area contributed by atoms with Crippen LogP contribution in [0.4, 0.5) is 0 Å². The number of hydrogen-bond acceptors (Lipinski definition) is 6. The van der Waals surface area contributed by atoms with Gasteiger partial charge in [-0.05, 0) is 18.2 Å². The summed E-state index contributed by atoms with van der Waals surface area (Å²) < 4.78 is 5.11. The Kier molecular flexibility index (Phi) is 4.01. The van der Waals surface area contributed by atoms with Crippen molar-refractivity contribution in [3.05, 3.63) is 86.6 Å². The molecule has 0 fully saturated rings. The maximum absolute atomic E-state index is 13.1. The minimum atomic E-state index is -0.667. The van der Waals surface area contributed by atoms with Crippen molar-refractivity contribution in [3.8, 4) is 5.75 Å². The first-order valence-corrected chi connectivity index (χ1v) is 8.60. The molecule has 2 N–H and O–H groups in total. The summed E-state index contributed by atoms with van der Waals surface area (Å²) in [5, 5.41) is -0.436. The van der Waals surface area contributed by atoms with Gasteiger partial charge in [-0.15, -0.1) is 0 Å². The van der Waals surface area contributed by atoms with Crippen molar-refractivity contribution in [3.63, 3.8) is 0 Å². The number of fused-ring (bicyclic) bond motifs is 2. The van der Waals surface area contributed by atoms with E-state index < -0.39 is 33.9 Å². The molecular formula is C21H12ClNO5. The quantitative estimate of drug-likeness (QED) is 0.841.